The summed E-state index contributed by atoms with van der Waals surface area (Å²) < 4.78 is 0. The van der Waals surface area contributed by atoms with E-state index < -0.39 is 0 Å². The number of imide groups is 1. The first-order chi connectivity index (χ1) is 8.97. The second kappa shape index (κ2) is 5.74. The molecule has 0 saturated carbocycles. The molecule has 2 rings (SSSR count). The molecular formula is C15H18ClNO2. The molecule has 1 aromatic carbocycles. The zero-order valence-corrected chi connectivity index (χ0v) is 12.0. The fourth-order valence-corrected chi connectivity index (χ4v) is 2.80. The van der Waals surface area contributed by atoms with Gasteiger partial charge in [0.05, 0.1) is 0 Å². The molecule has 19 heavy (non-hydrogen) atoms. The molecule has 0 aliphatic carbocycles. The van der Waals surface area contributed by atoms with Crippen molar-refractivity contribution in [1.82, 2.24) is 5.32 Å². The maximum atomic E-state index is 11.7. The van der Waals surface area contributed by atoms with Crippen molar-refractivity contribution >= 4 is 23.4 Å². The van der Waals surface area contributed by atoms with Crippen LogP contribution in [0.4, 0.5) is 0 Å². The van der Waals surface area contributed by atoms with Crippen molar-refractivity contribution in [2.75, 3.05) is 0 Å². The zero-order valence-electron chi connectivity index (χ0n) is 11.2. The molecule has 0 bridgehead atoms. The lowest BCUT2D eigenvalue weighted by Gasteiger charge is -2.21. The van der Waals surface area contributed by atoms with E-state index in [0.29, 0.717) is 25.2 Å². The molecule has 1 N–H and O–H groups in total. The number of hydrogen-bond acceptors (Lipinski definition) is 2. The molecule has 1 aromatic rings. The van der Waals surface area contributed by atoms with E-state index in [1.165, 1.54) is 0 Å². The molecule has 0 spiro atoms. The van der Waals surface area contributed by atoms with Crippen molar-refractivity contribution in [3.8, 4) is 0 Å². The minimum absolute atomic E-state index is 0.126. The highest BCUT2D eigenvalue weighted by Crippen LogP contribution is 2.27. The number of benzene rings is 1. The highest BCUT2D eigenvalue weighted by atomic mass is 35.5. The summed E-state index contributed by atoms with van der Waals surface area (Å²) in [6.07, 6.45) is 1.68. The molecule has 1 fully saturated rings. The Hall–Kier alpha value is -1.35. The van der Waals surface area contributed by atoms with Crippen molar-refractivity contribution in [1.29, 1.82) is 0 Å². The minimum Gasteiger partial charge on any atom is -0.296 e. The Bertz CT molecular complexity index is 511. The summed E-state index contributed by atoms with van der Waals surface area (Å²) in [7, 11) is 0. The molecule has 4 heteroatoms. The summed E-state index contributed by atoms with van der Waals surface area (Å²) in [5.41, 5.74) is 2.16. The molecule has 102 valence electrons. The van der Waals surface area contributed by atoms with Gasteiger partial charge in [-0.1, -0.05) is 37.6 Å². The van der Waals surface area contributed by atoms with E-state index in [0.717, 1.165) is 16.1 Å². The van der Waals surface area contributed by atoms with Gasteiger partial charge in [0.15, 0.2) is 0 Å². The first-order valence-corrected chi connectivity index (χ1v) is 6.97. The smallest absolute Gasteiger partial charge is 0.230 e. The molecule has 3 nitrogen and oxygen atoms in total. The van der Waals surface area contributed by atoms with Crippen LogP contribution in [0, 0.1) is 5.92 Å². The number of hydrogen-bond donors (Lipinski definition) is 1. The average molecular weight is 280 g/mol. The Kier molecular flexibility index (Phi) is 4.25. The minimum atomic E-state index is -0.172. The molecular weight excluding hydrogens is 262 g/mol. The van der Waals surface area contributed by atoms with Crippen LogP contribution in [0.5, 0.6) is 0 Å². The molecule has 1 unspecified atom stereocenters. The number of rotatable bonds is 3. The standard InChI is InChI=1S/C15H18ClNO2/c1-9(2)12-5-3-10(8-13(12)16)7-11-4-6-14(18)17-15(11)19/h3,5,8-9,11H,4,6-7H2,1-2H3,(H,17,18,19). The third-order valence-electron chi connectivity index (χ3n) is 3.52. The lowest BCUT2D eigenvalue weighted by atomic mass is 9.90. The molecule has 1 aliphatic heterocycles. The number of nitrogens with one attached hydrogen (secondary N) is 1. The summed E-state index contributed by atoms with van der Waals surface area (Å²) in [6.45, 7) is 4.20. The molecule has 1 aliphatic rings. The summed E-state index contributed by atoms with van der Waals surface area (Å²) in [6, 6.07) is 5.97. The number of piperidine rings is 1. The van der Waals surface area contributed by atoms with E-state index >= 15 is 0 Å². The van der Waals surface area contributed by atoms with Crippen LogP contribution in [-0.4, -0.2) is 11.8 Å². The maximum Gasteiger partial charge on any atom is 0.230 e. The van der Waals surface area contributed by atoms with Gasteiger partial charge in [-0.2, -0.15) is 0 Å². The van der Waals surface area contributed by atoms with Gasteiger partial charge in [0, 0.05) is 17.4 Å². The Morgan fingerprint density at radius 1 is 1.37 bits per heavy atom. The van der Waals surface area contributed by atoms with Gasteiger partial charge in [0.1, 0.15) is 0 Å². The third-order valence-corrected chi connectivity index (χ3v) is 3.85. The van der Waals surface area contributed by atoms with Crippen LogP contribution in [0.15, 0.2) is 18.2 Å². The first-order valence-electron chi connectivity index (χ1n) is 6.59. The summed E-state index contributed by atoms with van der Waals surface area (Å²) in [5, 5.41) is 3.13. The second-order valence-electron chi connectivity index (χ2n) is 5.36. The number of carbonyl (C=O) groups is 2. The summed E-state index contributed by atoms with van der Waals surface area (Å²) in [5.74, 6) is -0.0782. The van der Waals surface area contributed by atoms with Crippen molar-refractivity contribution in [2.45, 2.75) is 39.0 Å². The van der Waals surface area contributed by atoms with Gasteiger partial charge in [-0.05, 0) is 36.0 Å². The zero-order chi connectivity index (χ0) is 14.0. The number of carbonyl (C=O) groups excluding carboxylic acids is 2. The van der Waals surface area contributed by atoms with Crippen LogP contribution in [0.1, 0.15) is 43.7 Å². The Morgan fingerprint density at radius 3 is 2.68 bits per heavy atom. The van der Waals surface area contributed by atoms with Gasteiger partial charge >= 0.3 is 0 Å². The topological polar surface area (TPSA) is 46.2 Å². The quantitative estimate of drug-likeness (QED) is 0.865. The van der Waals surface area contributed by atoms with Gasteiger partial charge in [0.25, 0.3) is 0 Å². The van der Waals surface area contributed by atoms with Crippen LogP contribution >= 0.6 is 11.6 Å². The van der Waals surface area contributed by atoms with Gasteiger partial charge in [0.2, 0.25) is 11.8 Å². The normalized spacial score (nSPS) is 19.7. The van der Waals surface area contributed by atoms with E-state index in [-0.39, 0.29) is 17.7 Å². The van der Waals surface area contributed by atoms with E-state index in [9.17, 15) is 9.59 Å². The summed E-state index contributed by atoms with van der Waals surface area (Å²) in [4.78, 5) is 22.8. The van der Waals surface area contributed by atoms with E-state index in [1.54, 1.807) is 0 Å². The number of halogens is 1. The predicted molar refractivity (Wildman–Crippen MR) is 75.1 cm³/mol. The molecule has 2 amide bonds. The molecule has 1 heterocycles. The van der Waals surface area contributed by atoms with Gasteiger partial charge in [-0.15, -0.1) is 0 Å². The molecule has 0 aromatic heterocycles. The Labute approximate surface area is 118 Å². The lowest BCUT2D eigenvalue weighted by Crippen LogP contribution is -2.41. The van der Waals surface area contributed by atoms with Crippen LogP contribution in [0.2, 0.25) is 5.02 Å². The summed E-state index contributed by atoms with van der Waals surface area (Å²) >= 11 is 6.25. The van der Waals surface area contributed by atoms with Crippen molar-refractivity contribution in [3.63, 3.8) is 0 Å². The van der Waals surface area contributed by atoms with E-state index in [1.807, 2.05) is 18.2 Å². The van der Waals surface area contributed by atoms with Crippen molar-refractivity contribution in [2.24, 2.45) is 5.92 Å². The van der Waals surface area contributed by atoms with Crippen molar-refractivity contribution < 1.29 is 9.59 Å². The van der Waals surface area contributed by atoms with Crippen molar-refractivity contribution in [3.05, 3.63) is 34.3 Å². The van der Waals surface area contributed by atoms with Gasteiger partial charge < -0.3 is 0 Å². The monoisotopic (exact) mass is 279 g/mol. The first kappa shape index (κ1) is 14.1. The maximum absolute atomic E-state index is 11.7. The average Bonchev–Trinajstić information content (AvgIpc) is 2.32. The van der Waals surface area contributed by atoms with Gasteiger partial charge in [-0.25, -0.2) is 0 Å². The largest absolute Gasteiger partial charge is 0.296 e. The third kappa shape index (κ3) is 3.35. The van der Waals surface area contributed by atoms with Crippen LogP contribution in [-0.2, 0) is 16.0 Å². The lowest BCUT2D eigenvalue weighted by molar-refractivity contribution is -0.136. The predicted octanol–water partition coefficient (Wildman–Crippen LogP) is 3.06. The number of amides is 2. The highest BCUT2D eigenvalue weighted by molar-refractivity contribution is 6.31. The van der Waals surface area contributed by atoms with Crippen LogP contribution in [0.3, 0.4) is 0 Å². The van der Waals surface area contributed by atoms with Crippen LogP contribution in [0.25, 0.3) is 0 Å². The Balaban J connectivity index is 2.09. The van der Waals surface area contributed by atoms with E-state index in [4.69, 9.17) is 11.6 Å². The van der Waals surface area contributed by atoms with E-state index in [2.05, 4.69) is 19.2 Å². The second-order valence-corrected chi connectivity index (χ2v) is 5.77. The van der Waals surface area contributed by atoms with Gasteiger partial charge in [-0.3, -0.25) is 14.9 Å². The molecule has 1 saturated heterocycles. The Morgan fingerprint density at radius 2 is 2.11 bits per heavy atom. The molecule has 0 radical (unpaired) electrons. The molecule has 1 atom stereocenters. The fraction of sp³-hybridized carbons (Fsp3) is 0.467. The highest BCUT2D eigenvalue weighted by Gasteiger charge is 2.26. The fourth-order valence-electron chi connectivity index (χ4n) is 2.38. The van der Waals surface area contributed by atoms with Crippen LogP contribution < -0.4 is 5.32 Å². The SMILES string of the molecule is CC(C)c1ccc(CC2CCC(=O)NC2=O)cc1Cl.